The average molecular weight is 445 g/mol. The number of aromatic nitrogens is 1. The second kappa shape index (κ2) is 12.1. The van der Waals surface area contributed by atoms with E-state index in [1.807, 2.05) is 51.1 Å². The first-order valence-corrected chi connectivity index (χ1v) is 6.60. The van der Waals surface area contributed by atoms with Crippen molar-refractivity contribution in [2.24, 2.45) is 0 Å². The summed E-state index contributed by atoms with van der Waals surface area (Å²) < 4.78 is 3.85. The first kappa shape index (κ1) is 20.4. The Morgan fingerprint density at radius 2 is 1.79 bits per heavy atom. The summed E-state index contributed by atoms with van der Waals surface area (Å²) in [7, 11) is 0. The Morgan fingerprint density at radius 1 is 1.26 bits per heavy atom. The second-order valence-corrected chi connectivity index (χ2v) is 4.23. The Hall–Kier alpha value is -0.922. The summed E-state index contributed by atoms with van der Waals surface area (Å²) >= 11 is 1.31. The number of aryl methyl sites for hydroxylation is 1. The van der Waals surface area contributed by atoms with Gasteiger partial charge in [0.05, 0.1) is 0 Å². The van der Waals surface area contributed by atoms with Crippen LogP contribution in [0.1, 0.15) is 41.7 Å². The number of benzene rings is 1. The van der Waals surface area contributed by atoms with Gasteiger partial charge in [0.15, 0.2) is 0 Å². The van der Waals surface area contributed by atoms with Crippen molar-refractivity contribution in [2.45, 2.75) is 27.7 Å². The van der Waals surface area contributed by atoms with Gasteiger partial charge in [0.1, 0.15) is 0 Å². The van der Waals surface area contributed by atoms with Gasteiger partial charge in [-0.2, -0.15) is 24.6 Å². The van der Waals surface area contributed by atoms with Gasteiger partial charge in [-0.25, -0.2) is 10.4 Å². The summed E-state index contributed by atoms with van der Waals surface area (Å²) in [6, 6.07) is 12.7. The minimum atomic E-state index is -0.0145. The fraction of sp³-hybridized carbons (Fsp3) is 0.267. The van der Waals surface area contributed by atoms with E-state index in [0.717, 1.165) is 10.4 Å². The monoisotopic (exact) mass is 445 g/mol. The standard InChI is InChI=1S/C7H7.C6H6NOS.C2H6.W/c1-7-5-3-2-4-6-7;1-4-3-6(5(2)8)7-9-4;1-2;/h2-6H,1H2;1-2H3;1-2H3;/q2*-1;;+2. The molecule has 0 saturated carbocycles. The molecule has 1 aromatic carbocycles. The first-order valence-electron chi connectivity index (χ1n) is 5.83. The van der Waals surface area contributed by atoms with E-state index in [0.29, 0.717) is 5.69 Å². The molecule has 0 radical (unpaired) electrons. The van der Waals surface area contributed by atoms with Crippen molar-refractivity contribution >= 4 is 17.3 Å². The zero-order valence-electron chi connectivity index (χ0n) is 11.8. The van der Waals surface area contributed by atoms with E-state index in [2.05, 4.69) is 17.4 Å². The maximum absolute atomic E-state index is 10.6. The maximum Gasteiger partial charge on any atom is 2.00 e. The number of rotatable bonds is 1. The summed E-state index contributed by atoms with van der Waals surface area (Å²) in [6.45, 7) is 11.1. The normalized spacial score (nSPS) is 8.00. The molecule has 0 aliphatic rings. The molecule has 0 saturated heterocycles. The summed E-state index contributed by atoms with van der Waals surface area (Å²) in [5.74, 6) is -0.0145. The van der Waals surface area contributed by atoms with E-state index in [1.54, 1.807) is 0 Å². The van der Waals surface area contributed by atoms with E-state index < -0.39 is 0 Å². The number of Topliss-reactive ketones (excluding diaryl/α,β-unsaturated/α-hetero) is 1. The van der Waals surface area contributed by atoms with Gasteiger partial charge in [-0.3, -0.25) is 0 Å². The molecule has 19 heavy (non-hydrogen) atoms. The van der Waals surface area contributed by atoms with Crippen molar-refractivity contribution in [1.29, 1.82) is 0 Å². The van der Waals surface area contributed by atoms with Gasteiger partial charge in [0.2, 0.25) is 0 Å². The van der Waals surface area contributed by atoms with Crippen LogP contribution >= 0.6 is 11.5 Å². The predicted molar refractivity (Wildman–Crippen MR) is 77.9 cm³/mol. The van der Waals surface area contributed by atoms with Crippen molar-refractivity contribution < 1.29 is 25.9 Å². The second-order valence-electron chi connectivity index (χ2n) is 3.25. The number of hydrogen-bond acceptors (Lipinski definition) is 3. The fourth-order valence-corrected chi connectivity index (χ4v) is 1.50. The minimum absolute atomic E-state index is 0. The number of hydrogen-bond donors (Lipinski definition) is 0. The third-order valence-electron chi connectivity index (χ3n) is 1.74. The van der Waals surface area contributed by atoms with Crippen LogP contribution in [-0.2, 0) is 21.1 Å². The minimum Gasteiger partial charge on any atom is -0.405 e. The molecule has 0 atom stereocenters. The zero-order valence-corrected chi connectivity index (χ0v) is 15.5. The number of carbonyl (C=O) groups excluding carboxylic acids is 1. The molecule has 0 amide bonds. The molecule has 1 heterocycles. The third-order valence-corrected chi connectivity index (χ3v) is 2.39. The smallest absolute Gasteiger partial charge is 0.405 e. The van der Waals surface area contributed by atoms with Gasteiger partial charge in [-0.05, 0) is 6.92 Å². The van der Waals surface area contributed by atoms with Crippen LogP contribution < -0.4 is 0 Å². The summed E-state index contributed by atoms with van der Waals surface area (Å²) in [5.41, 5.74) is 1.53. The molecule has 1 aromatic heterocycles. The molecule has 0 fully saturated rings. The van der Waals surface area contributed by atoms with Crippen LogP contribution in [0.2, 0.25) is 0 Å². The van der Waals surface area contributed by atoms with Gasteiger partial charge in [-0.1, -0.05) is 48.9 Å². The first-order chi connectivity index (χ1) is 8.59. The Balaban J connectivity index is 0. The van der Waals surface area contributed by atoms with Gasteiger partial charge < -0.3 is 4.79 Å². The van der Waals surface area contributed by atoms with Crippen molar-refractivity contribution in [1.82, 2.24) is 4.37 Å². The molecular weight excluding hydrogens is 426 g/mol. The van der Waals surface area contributed by atoms with E-state index in [4.69, 9.17) is 0 Å². The number of ketones is 1. The van der Waals surface area contributed by atoms with E-state index >= 15 is 0 Å². The summed E-state index contributed by atoms with van der Waals surface area (Å²) in [5, 5.41) is 0. The number of carbonyl (C=O) groups is 1. The molecule has 0 aliphatic carbocycles. The van der Waals surface area contributed by atoms with Gasteiger partial charge in [0.25, 0.3) is 0 Å². The zero-order chi connectivity index (χ0) is 14.0. The summed E-state index contributed by atoms with van der Waals surface area (Å²) in [4.78, 5) is 11.5. The Morgan fingerprint density at radius 3 is 2.00 bits per heavy atom. The summed E-state index contributed by atoms with van der Waals surface area (Å²) in [6.07, 6.45) is 0. The molecule has 0 spiro atoms. The average Bonchev–Trinajstić information content (AvgIpc) is 2.80. The largest absolute Gasteiger partial charge is 2.00 e. The molecular formula is C15H19NOSW. The third kappa shape index (κ3) is 9.63. The molecule has 2 rings (SSSR count). The molecule has 0 bridgehead atoms. The van der Waals surface area contributed by atoms with Gasteiger partial charge >= 0.3 is 21.1 Å². The molecule has 0 unspecified atom stereocenters. The van der Waals surface area contributed by atoms with Crippen molar-refractivity contribution in [3.63, 3.8) is 0 Å². The fourth-order valence-electron chi connectivity index (χ4n) is 0.957. The van der Waals surface area contributed by atoms with Crippen molar-refractivity contribution in [3.05, 3.63) is 59.5 Å². The topological polar surface area (TPSA) is 30.0 Å². The van der Waals surface area contributed by atoms with E-state index in [9.17, 15) is 4.79 Å². The Labute approximate surface area is 134 Å². The number of nitrogens with zero attached hydrogens (tertiary/aromatic N) is 1. The van der Waals surface area contributed by atoms with Crippen LogP contribution in [0.4, 0.5) is 0 Å². The van der Waals surface area contributed by atoms with Crippen molar-refractivity contribution in [3.8, 4) is 0 Å². The quantitative estimate of drug-likeness (QED) is 0.483. The van der Waals surface area contributed by atoms with Crippen LogP contribution in [0.5, 0.6) is 0 Å². The SMILES string of the molecule is CC.CC(=O)c1[c-]c(C)sn1.[CH2-]c1ccccc1.[W+2]. The molecule has 2 nitrogen and oxygen atoms in total. The van der Waals surface area contributed by atoms with Crippen LogP contribution in [0, 0.1) is 19.9 Å². The maximum atomic E-state index is 10.6. The van der Waals surface area contributed by atoms with Crippen LogP contribution in [0.15, 0.2) is 30.3 Å². The van der Waals surface area contributed by atoms with Crippen LogP contribution in [0.25, 0.3) is 0 Å². The Bertz CT molecular complexity index is 454. The van der Waals surface area contributed by atoms with Gasteiger partial charge in [0, 0.05) is 5.78 Å². The predicted octanol–water partition coefficient (Wildman–Crippen LogP) is 4.35. The molecule has 0 N–H and O–H groups in total. The van der Waals surface area contributed by atoms with E-state index in [1.165, 1.54) is 18.5 Å². The molecule has 4 heteroatoms. The van der Waals surface area contributed by atoms with Gasteiger partial charge in [-0.15, -0.1) is 12.1 Å². The molecule has 2 aromatic rings. The van der Waals surface area contributed by atoms with Crippen molar-refractivity contribution in [2.75, 3.05) is 0 Å². The molecule has 0 aliphatic heterocycles. The molecule has 102 valence electrons. The van der Waals surface area contributed by atoms with Crippen LogP contribution in [0.3, 0.4) is 0 Å². The van der Waals surface area contributed by atoms with Crippen LogP contribution in [-0.4, -0.2) is 10.2 Å². The van der Waals surface area contributed by atoms with E-state index in [-0.39, 0.29) is 26.8 Å². The Kier molecular flexibility index (Phi) is 13.0.